The molecule has 33 heavy (non-hydrogen) atoms. The number of phenolic OH excluding ortho intramolecular Hbond substituents is 1. The van der Waals surface area contributed by atoms with Crippen LogP contribution in [0.15, 0.2) is 71.8 Å². The van der Waals surface area contributed by atoms with Crippen LogP contribution in [-0.4, -0.2) is 33.1 Å². The van der Waals surface area contributed by atoms with Gasteiger partial charge in [-0.2, -0.15) is 10.1 Å². The van der Waals surface area contributed by atoms with E-state index in [1.807, 2.05) is 48.5 Å². The first-order valence-electron chi connectivity index (χ1n) is 10.5. The lowest BCUT2D eigenvalue weighted by molar-refractivity contribution is -0.384. The Morgan fingerprint density at radius 3 is 1.79 bits per heavy atom. The van der Waals surface area contributed by atoms with E-state index in [-0.39, 0.29) is 28.8 Å². The number of hydrogen-bond acceptors (Lipinski definition) is 6. The summed E-state index contributed by atoms with van der Waals surface area (Å²) in [6, 6.07) is 19.3. The summed E-state index contributed by atoms with van der Waals surface area (Å²) >= 11 is 0. The number of amides is 2. The summed E-state index contributed by atoms with van der Waals surface area (Å²) in [6.45, 7) is 0. The number of hydrazone groups is 1. The molecule has 2 amide bonds. The number of rotatable bonds is 3. The second-order valence-corrected chi connectivity index (χ2v) is 8.50. The van der Waals surface area contributed by atoms with Crippen LogP contribution in [0.25, 0.3) is 0 Å². The molecule has 0 spiro atoms. The number of imide groups is 1. The first-order valence-corrected chi connectivity index (χ1v) is 10.5. The van der Waals surface area contributed by atoms with Crippen LogP contribution in [0.4, 0.5) is 5.69 Å². The Kier molecular flexibility index (Phi) is 4.01. The Morgan fingerprint density at radius 2 is 1.33 bits per heavy atom. The molecule has 162 valence electrons. The molecule has 0 aromatic heterocycles. The van der Waals surface area contributed by atoms with Gasteiger partial charge in [-0.15, -0.1) is 0 Å². The zero-order chi connectivity index (χ0) is 22.9. The van der Waals surface area contributed by atoms with Crippen molar-refractivity contribution in [1.29, 1.82) is 0 Å². The van der Waals surface area contributed by atoms with E-state index in [1.165, 1.54) is 12.1 Å². The minimum Gasteiger partial charge on any atom is -0.507 e. The summed E-state index contributed by atoms with van der Waals surface area (Å²) < 4.78 is 0. The molecule has 8 nitrogen and oxygen atoms in total. The van der Waals surface area contributed by atoms with Crippen molar-refractivity contribution in [3.63, 3.8) is 0 Å². The Balaban J connectivity index is 1.43. The van der Waals surface area contributed by atoms with Gasteiger partial charge in [-0.05, 0) is 28.3 Å². The third-order valence-electron chi connectivity index (χ3n) is 6.96. The van der Waals surface area contributed by atoms with Crippen LogP contribution in [0.1, 0.15) is 39.7 Å². The molecular formula is C25H17N3O5. The van der Waals surface area contributed by atoms with Gasteiger partial charge in [0.1, 0.15) is 5.75 Å². The number of carbonyl (C=O) groups excluding carboxylic acids is 2. The number of nitro groups is 1. The molecule has 2 atom stereocenters. The van der Waals surface area contributed by atoms with E-state index in [0.29, 0.717) is 0 Å². The van der Waals surface area contributed by atoms with Gasteiger partial charge in [0, 0.05) is 29.5 Å². The Bertz CT molecular complexity index is 1280. The van der Waals surface area contributed by atoms with Gasteiger partial charge >= 0.3 is 0 Å². The summed E-state index contributed by atoms with van der Waals surface area (Å²) in [7, 11) is 0. The predicted molar refractivity (Wildman–Crippen MR) is 118 cm³/mol. The fourth-order valence-electron chi connectivity index (χ4n) is 5.65. The van der Waals surface area contributed by atoms with Crippen molar-refractivity contribution in [2.45, 2.75) is 11.8 Å². The van der Waals surface area contributed by atoms with Gasteiger partial charge in [-0.1, -0.05) is 48.5 Å². The molecule has 7 rings (SSSR count). The number of nitrogens with zero attached hydrogens (tertiary/aromatic N) is 3. The van der Waals surface area contributed by atoms with Crippen LogP contribution >= 0.6 is 0 Å². The smallest absolute Gasteiger partial charge is 0.270 e. The molecule has 0 saturated carbocycles. The third kappa shape index (κ3) is 2.60. The average molecular weight is 439 g/mol. The largest absolute Gasteiger partial charge is 0.507 e. The Labute approximate surface area is 187 Å². The van der Waals surface area contributed by atoms with Crippen molar-refractivity contribution in [2.24, 2.45) is 16.9 Å². The van der Waals surface area contributed by atoms with Crippen LogP contribution in [-0.2, 0) is 9.59 Å². The van der Waals surface area contributed by atoms with Crippen LogP contribution in [0.5, 0.6) is 5.75 Å². The molecule has 4 aliphatic rings. The summed E-state index contributed by atoms with van der Waals surface area (Å²) in [4.78, 5) is 37.4. The van der Waals surface area contributed by atoms with Gasteiger partial charge in [-0.3, -0.25) is 19.7 Å². The van der Waals surface area contributed by atoms with Gasteiger partial charge in [0.15, 0.2) is 0 Å². The van der Waals surface area contributed by atoms with Crippen molar-refractivity contribution in [3.8, 4) is 5.75 Å². The Morgan fingerprint density at radius 1 is 0.848 bits per heavy atom. The number of carbonyl (C=O) groups is 2. The molecule has 0 radical (unpaired) electrons. The first-order chi connectivity index (χ1) is 16.0. The SMILES string of the molecule is O=C1[C@@H]2C3c4ccccc4C(c4ccccc43)[C@@H]2C(=O)N1/N=C\c1cc([N+](=O)[O-])ccc1O. The predicted octanol–water partition coefficient (Wildman–Crippen LogP) is 3.53. The summed E-state index contributed by atoms with van der Waals surface area (Å²) in [5.41, 5.74) is 4.06. The van der Waals surface area contributed by atoms with Crippen LogP contribution in [0.2, 0.25) is 0 Å². The lowest BCUT2D eigenvalue weighted by Gasteiger charge is -2.45. The van der Waals surface area contributed by atoms with Crippen LogP contribution in [0.3, 0.4) is 0 Å². The van der Waals surface area contributed by atoms with Gasteiger partial charge < -0.3 is 5.11 Å². The quantitative estimate of drug-likeness (QED) is 0.290. The van der Waals surface area contributed by atoms with Crippen molar-refractivity contribution in [1.82, 2.24) is 5.01 Å². The van der Waals surface area contributed by atoms with E-state index in [1.54, 1.807) is 0 Å². The highest BCUT2D eigenvalue weighted by atomic mass is 16.6. The average Bonchev–Trinajstić information content (AvgIpc) is 3.08. The molecule has 2 bridgehead atoms. The van der Waals surface area contributed by atoms with Gasteiger partial charge in [-0.25, -0.2) is 0 Å². The molecule has 8 heteroatoms. The molecular weight excluding hydrogens is 422 g/mol. The minimum atomic E-state index is -0.594. The van der Waals surface area contributed by atoms with E-state index >= 15 is 0 Å². The summed E-state index contributed by atoms with van der Waals surface area (Å²) in [6.07, 6.45) is 1.12. The topological polar surface area (TPSA) is 113 Å². The van der Waals surface area contributed by atoms with Gasteiger partial charge in [0.25, 0.3) is 17.5 Å². The standard InChI is InChI=1S/C25H17N3O5/c29-19-10-9-14(28(32)33)11-13(19)12-26-27-24(30)22-20-15-5-1-2-6-16(15)21(23(22)25(27)31)18-8-4-3-7-17(18)20/h1-12,20-23,29H/b26-12-/t20?,21?,22-,23+. The zero-order valence-corrected chi connectivity index (χ0v) is 17.2. The van der Waals surface area contributed by atoms with Crippen LogP contribution < -0.4 is 0 Å². The summed E-state index contributed by atoms with van der Waals surface area (Å²) in [5, 5.41) is 26.1. The number of aromatic hydroxyl groups is 1. The van der Waals surface area contributed by atoms with E-state index in [9.17, 15) is 24.8 Å². The second kappa shape index (κ2) is 6.83. The maximum Gasteiger partial charge on any atom is 0.270 e. The lowest BCUT2D eigenvalue weighted by atomic mass is 9.55. The lowest BCUT2D eigenvalue weighted by Crippen LogP contribution is -2.41. The van der Waals surface area contributed by atoms with E-state index in [0.717, 1.165) is 39.5 Å². The molecule has 0 unspecified atom stereocenters. The highest BCUT2D eigenvalue weighted by Crippen LogP contribution is 2.60. The fourth-order valence-corrected chi connectivity index (χ4v) is 5.65. The monoisotopic (exact) mass is 439 g/mol. The van der Waals surface area contributed by atoms with Crippen molar-refractivity contribution < 1.29 is 19.6 Å². The highest BCUT2D eigenvalue weighted by Gasteiger charge is 2.61. The fraction of sp³-hybridized carbons (Fsp3) is 0.160. The number of hydrogen-bond donors (Lipinski definition) is 1. The van der Waals surface area contributed by atoms with E-state index in [2.05, 4.69) is 5.10 Å². The first kappa shape index (κ1) is 19.4. The van der Waals surface area contributed by atoms with Crippen molar-refractivity contribution in [2.75, 3.05) is 0 Å². The third-order valence-corrected chi connectivity index (χ3v) is 6.96. The molecule has 3 aromatic rings. The number of phenols is 1. The number of nitro benzene ring substituents is 1. The van der Waals surface area contributed by atoms with Crippen LogP contribution in [0, 0.1) is 22.0 Å². The molecule has 1 N–H and O–H groups in total. The number of non-ortho nitro benzene ring substituents is 1. The number of benzene rings is 3. The normalized spacial score (nSPS) is 24.7. The molecule has 3 aromatic carbocycles. The Hall–Kier alpha value is -4.33. The maximum absolute atomic E-state index is 13.5. The van der Waals surface area contributed by atoms with E-state index in [4.69, 9.17) is 0 Å². The zero-order valence-electron chi connectivity index (χ0n) is 17.2. The maximum atomic E-state index is 13.5. The molecule has 3 aliphatic carbocycles. The second-order valence-electron chi connectivity index (χ2n) is 8.50. The minimum absolute atomic E-state index is 0.0502. The molecule has 1 saturated heterocycles. The molecule has 1 aliphatic heterocycles. The summed E-state index contributed by atoms with van der Waals surface area (Å²) in [5.74, 6) is -2.65. The van der Waals surface area contributed by atoms with Crippen molar-refractivity contribution in [3.05, 3.63) is 105 Å². The highest BCUT2D eigenvalue weighted by molar-refractivity contribution is 6.08. The molecule has 1 fully saturated rings. The van der Waals surface area contributed by atoms with Gasteiger partial charge in [0.05, 0.1) is 23.0 Å². The van der Waals surface area contributed by atoms with Crippen molar-refractivity contribution >= 4 is 23.7 Å². The molecule has 1 heterocycles. The van der Waals surface area contributed by atoms with E-state index < -0.39 is 28.6 Å². The van der Waals surface area contributed by atoms with Gasteiger partial charge in [0.2, 0.25) is 0 Å².